The number of thiazole rings is 1. The Kier molecular flexibility index (Phi) is 5.60. The number of hydrogen-bond acceptors (Lipinski definition) is 7. The number of anilines is 1. The molecule has 25 heavy (non-hydrogen) atoms. The third-order valence-corrected chi connectivity index (χ3v) is 5.60. The van der Waals surface area contributed by atoms with Gasteiger partial charge in [-0.3, -0.25) is 4.79 Å². The van der Waals surface area contributed by atoms with Crippen molar-refractivity contribution in [3.63, 3.8) is 0 Å². The highest BCUT2D eigenvalue weighted by Crippen LogP contribution is 2.24. The quantitative estimate of drug-likeness (QED) is 0.847. The Labute approximate surface area is 152 Å². The fourth-order valence-corrected chi connectivity index (χ4v) is 3.69. The molecule has 0 aliphatic carbocycles. The van der Waals surface area contributed by atoms with Gasteiger partial charge in [-0.15, -0.1) is 11.3 Å². The van der Waals surface area contributed by atoms with Gasteiger partial charge in [-0.05, 0) is 32.4 Å². The summed E-state index contributed by atoms with van der Waals surface area (Å²) in [5, 5.41) is 6.31. The first-order valence-electron chi connectivity index (χ1n) is 8.46. The van der Waals surface area contributed by atoms with E-state index in [4.69, 9.17) is 0 Å². The van der Waals surface area contributed by atoms with E-state index >= 15 is 0 Å². The predicted octanol–water partition coefficient (Wildman–Crippen LogP) is 1.81. The van der Waals surface area contributed by atoms with E-state index in [9.17, 15) is 4.79 Å². The lowest BCUT2D eigenvalue weighted by atomic mass is 10.1. The van der Waals surface area contributed by atoms with Crippen LogP contribution in [0, 0.1) is 5.92 Å². The van der Waals surface area contributed by atoms with Crippen molar-refractivity contribution in [2.75, 3.05) is 38.6 Å². The topological polar surface area (TPSA) is 74.2 Å². The summed E-state index contributed by atoms with van der Waals surface area (Å²) in [7, 11) is 3.78. The molecule has 0 aromatic carbocycles. The molecule has 0 bridgehead atoms. The van der Waals surface area contributed by atoms with Crippen LogP contribution in [0.25, 0.3) is 0 Å². The molecule has 1 aliphatic rings. The summed E-state index contributed by atoms with van der Waals surface area (Å²) in [5.41, 5.74) is 0.382. The van der Waals surface area contributed by atoms with Gasteiger partial charge in [0.15, 0.2) is 0 Å². The summed E-state index contributed by atoms with van der Waals surface area (Å²) in [6.07, 6.45) is 6.13. The standard InChI is InChI=1S/C17H24N6OS/c1-12(16-19-6-7-25-16)23(3)15-10-20-14(9-21-15)17(24)22(2)11-13-4-5-18-8-13/h6-7,9-10,12-13,18H,4-5,8,11H2,1-3H3. The lowest BCUT2D eigenvalue weighted by Crippen LogP contribution is -2.33. The first kappa shape index (κ1) is 17.8. The average molecular weight is 360 g/mol. The van der Waals surface area contributed by atoms with Crippen LogP contribution in [0.4, 0.5) is 5.82 Å². The molecule has 1 amide bonds. The van der Waals surface area contributed by atoms with Gasteiger partial charge in [0, 0.05) is 32.2 Å². The fraction of sp³-hybridized carbons (Fsp3) is 0.529. The Morgan fingerprint density at radius 2 is 2.20 bits per heavy atom. The first-order chi connectivity index (χ1) is 12.1. The maximum atomic E-state index is 12.5. The summed E-state index contributed by atoms with van der Waals surface area (Å²) in [6.45, 7) is 4.83. The Morgan fingerprint density at radius 3 is 2.80 bits per heavy atom. The van der Waals surface area contributed by atoms with E-state index in [2.05, 4.69) is 27.2 Å². The third-order valence-electron chi connectivity index (χ3n) is 4.65. The second-order valence-electron chi connectivity index (χ2n) is 6.46. The number of amides is 1. The molecule has 2 aromatic heterocycles. The molecular weight excluding hydrogens is 336 g/mol. The second-order valence-corrected chi connectivity index (χ2v) is 7.39. The fourth-order valence-electron chi connectivity index (χ4n) is 2.95. The molecule has 1 saturated heterocycles. The maximum Gasteiger partial charge on any atom is 0.273 e. The highest BCUT2D eigenvalue weighted by atomic mass is 32.1. The highest BCUT2D eigenvalue weighted by Gasteiger charge is 2.22. The normalized spacial score (nSPS) is 18.1. The molecule has 7 nitrogen and oxygen atoms in total. The predicted molar refractivity (Wildman–Crippen MR) is 98.9 cm³/mol. The van der Waals surface area contributed by atoms with Crippen LogP contribution >= 0.6 is 11.3 Å². The first-order valence-corrected chi connectivity index (χ1v) is 9.34. The molecule has 1 fully saturated rings. The van der Waals surface area contributed by atoms with Crippen LogP contribution in [-0.4, -0.2) is 59.5 Å². The Hall–Kier alpha value is -2.06. The molecule has 0 radical (unpaired) electrons. The molecule has 2 atom stereocenters. The summed E-state index contributed by atoms with van der Waals surface area (Å²) >= 11 is 1.61. The van der Waals surface area contributed by atoms with Gasteiger partial charge in [0.1, 0.15) is 16.5 Å². The minimum Gasteiger partial charge on any atom is -0.349 e. The summed E-state index contributed by atoms with van der Waals surface area (Å²) in [5.74, 6) is 1.16. The maximum absolute atomic E-state index is 12.5. The SMILES string of the molecule is CC(c1nccs1)N(C)c1cnc(C(=O)N(C)CC2CCNC2)cn1. The summed E-state index contributed by atoms with van der Waals surface area (Å²) in [6, 6.07) is 0.105. The number of carbonyl (C=O) groups excluding carboxylic acids is 1. The number of aromatic nitrogens is 3. The van der Waals surface area contributed by atoms with Gasteiger partial charge in [-0.1, -0.05) is 0 Å². The summed E-state index contributed by atoms with van der Waals surface area (Å²) in [4.78, 5) is 29.4. The van der Waals surface area contributed by atoms with Gasteiger partial charge in [0.25, 0.3) is 5.91 Å². The molecular formula is C17H24N6OS. The van der Waals surface area contributed by atoms with Crippen molar-refractivity contribution in [1.29, 1.82) is 0 Å². The van der Waals surface area contributed by atoms with E-state index in [0.717, 1.165) is 36.9 Å². The zero-order valence-corrected chi connectivity index (χ0v) is 15.7. The van der Waals surface area contributed by atoms with Crippen LogP contribution in [0.1, 0.15) is 34.9 Å². The number of carbonyl (C=O) groups is 1. The van der Waals surface area contributed by atoms with E-state index in [-0.39, 0.29) is 11.9 Å². The van der Waals surface area contributed by atoms with Gasteiger partial charge in [0.05, 0.1) is 18.4 Å². The van der Waals surface area contributed by atoms with E-state index in [1.54, 1.807) is 34.8 Å². The van der Waals surface area contributed by atoms with Gasteiger partial charge in [-0.25, -0.2) is 15.0 Å². The minimum atomic E-state index is -0.0819. The van der Waals surface area contributed by atoms with E-state index in [1.165, 1.54) is 0 Å². The van der Waals surface area contributed by atoms with Gasteiger partial charge in [0.2, 0.25) is 0 Å². The molecule has 2 unspecified atom stereocenters. The van der Waals surface area contributed by atoms with Crippen molar-refractivity contribution in [3.05, 3.63) is 34.7 Å². The monoisotopic (exact) mass is 360 g/mol. The smallest absolute Gasteiger partial charge is 0.273 e. The van der Waals surface area contributed by atoms with E-state index in [0.29, 0.717) is 11.6 Å². The molecule has 0 spiro atoms. The molecule has 8 heteroatoms. The van der Waals surface area contributed by atoms with Crippen LogP contribution in [0.3, 0.4) is 0 Å². The van der Waals surface area contributed by atoms with Crippen LogP contribution < -0.4 is 10.2 Å². The Bertz CT molecular complexity index is 684. The van der Waals surface area contributed by atoms with Crippen LogP contribution in [-0.2, 0) is 0 Å². The van der Waals surface area contributed by atoms with Crippen molar-refractivity contribution >= 4 is 23.1 Å². The molecule has 2 aromatic rings. The van der Waals surface area contributed by atoms with Crippen molar-refractivity contribution in [3.8, 4) is 0 Å². The number of nitrogens with one attached hydrogen (secondary N) is 1. The minimum absolute atomic E-state index is 0.0819. The zero-order chi connectivity index (χ0) is 17.8. The van der Waals surface area contributed by atoms with E-state index < -0.39 is 0 Å². The molecule has 3 heterocycles. The van der Waals surface area contributed by atoms with Crippen molar-refractivity contribution < 1.29 is 4.79 Å². The van der Waals surface area contributed by atoms with E-state index in [1.807, 2.05) is 24.4 Å². The third kappa shape index (κ3) is 4.13. The Balaban J connectivity index is 1.63. The number of rotatable bonds is 6. The van der Waals surface area contributed by atoms with Gasteiger partial charge >= 0.3 is 0 Å². The molecule has 3 rings (SSSR count). The zero-order valence-electron chi connectivity index (χ0n) is 14.8. The molecule has 1 N–H and O–H groups in total. The summed E-state index contributed by atoms with van der Waals surface area (Å²) < 4.78 is 0. The number of nitrogens with zero attached hydrogens (tertiary/aromatic N) is 5. The Morgan fingerprint density at radius 1 is 1.36 bits per heavy atom. The van der Waals surface area contributed by atoms with Gasteiger partial charge in [-0.2, -0.15) is 0 Å². The molecule has 0 saturated carbocycles. The van der Waals surface area contributed by atoms with Crippen molar-refractivity contribution in [2.45, 2.75) is 19.4 Å². The lowest BCUT2D eigenvalue weighted by molar-refractivity contribution is 0.0770. The van der Waals surface area contributed by atoms with Gasteiger partial charge < -0.3 is 15.1 Å². The highest BCUT2D eigenvalue weighted by molar-refractivity contribution is 7.09. The average Bonchev–Trinajstić information content (AvgIpc) is 3.33. The van der Waals surface area contributed by atoms with Crippen molar-refractivity contribution in [1.82, 2.24) is 25.2 Å². The number of hydrogen-bond donors (Lipinski definition) is 1. The molecule has 1 aliphatic heterocycles. The molecule has 134 valence electrons. The van der Waals surface area contributed by atoms with Crippen LogP contribution in [0.5, 0.6) is 0 Å². The van der Waals surface area contributed by atoms with Crippen LogP contribution in [0.2, 0.25) is 0 Å². The second kappa shape index (κ2) is 7.88. The van der Waals surface area contributed by atoms with Crippen molar-refractivity contribution in [2.24, 2.45) is 5.92 Å². The van der Waals surface area contributed by atoms with Crippen LogP contribution in [0.15, 0.2) is 24.0 Å². The largest absolute Gasteiger partial charge is 0.349 e. The lowest BCUT2D eigenvalue weighted by Gasteiger charge is -2.24.